The molecule has 1 aromatic rings. The number of amidine groups is 1. The lowest BCUT2D eigenvalue weighted by atomic mass is 10.1. The van der Waals surface area contributed by atoms with Gasteiger partial charge in [0.25, 0.3) is 0 Å². The van der Waals surface area contributed by atoms with Gasteiger partial charge in [-0.3, -0.25) is 4.90 Å². The van der Waals surface area contributed by atoms with Gasteiger partial charge in [0.1, 0.15) is 11.7 Å². The van der Waals surface area contributed by atoms with Crippen LogP contribution in [0, 0.1) is 5.82 Å². The third kappa shape index (κ3) is 5.57. The zero-order valence-electron chi connectivity index (χ0n) is 11.1. The van der Waals surface area contributed by atoms with Gasteiger partial charge in [-0.15, -0.1) is 0 Å². The molecule has 0 saturated heterocycles. The number of oxime groups is 1. The molecule has 1 rings (SSSR count). The summed E-state index contributed by atoms with van der Waals surface area (Å²) in [4.78, 5) is 2.14. The molecule has 0 unspecified atom stereocenters. The van der Waals surface area contributed by atoms with Crippen molar-refractivity contribution in [1.29, 1.82) is 0 Å². The first-order chi connectivity index (χ1) is 8.92. The van der Waals surface area contributed by atoms with Crippen LogP contribution in [0.2, 0.25) is 0 Å². The Balaban J connectivity index is 2.72. The molecule has 0 radical (unpaired) electrons. The number of hydrogen-bond donors (Lipinski definition) is 2. The van der Waals surface area contributed by atoms with Gasteiger partial charge in [-0.25, -0.2) is 4.39 Å². The molecule has 0 heterocycles. The van der Waals surface area contributed by atoms with E-state index in [4.69, 9.17) is 10.9 Å². The van der Waals surface area contributed by atoms with Crippen molar-refractivity contribution in [3.63, 3.8) is 0 Å². The summed E-state index contributed by atoms with van der Waals surface area (Å²) in [6.45, 7) is 5.38. The van der Waals surface area contributed by atoms with Crippen molar-refractivity contribution in [1.82, 2.24) is 4.90 Å². The highest BCUT2D eigenvalue weighted by atomic mass is 79.9. The maximum atomic E-state index is 13.3. The Labute approximate surface area is 121 Å². The smallest absolute Gasteiger partial charge is 0.140 e. The molecule has 0 spiro atoms. The lowest BCUT2D eigenvalue weighted by Crippen LogP contribution is -2.33. The fourth-order valence-electron chi connectivity index (χ4n) is 1.76. The van der Waals surface area contributed by atoms with Crippen molar-refractivity contribution in [3.05, 3.63) is 34.1 Å². The van der Waals surface area contributed by atoms with E-state index in [9.17, 15) is 4.39 Å². The zero-order chi connectivity index (χ0) is 14.4. The third-order valence-electron chi connectivity index (χ3n) is 2.82. The fourth-order valence-corrected chi connectivity index (χ4v) is 2.28. The van der Waals surface area contributed by atoms with Crippen molar-refractivity contribution < 1.29 is 9.60 Å². The van der Waals surface area contributed by atoms with Crippen LogP contribution in [0.15, 0.2) is 27.8 Å². The van der Waals surface area contributed by atoms with Crippen LogP contribution in [0.1, 0.15) is 25.8 Å². The van der Waals surface area contributed by atoms with E-state index in [0.717, 1.165) is 10.0 Å². The first kappa shape index (κ1) is 15.9. The topological polar surface area (TPSA) is 61.8 Å². The van der Waals surface area contributed by atoms with Gasteiger partial charge in [0, 0.05) is 30.0 Å². The summed E-state index contributed by atoms with van der Waals surface area (Å²) in [5.41, 5.74) is 6.36. The van der Waals surface area contributed by atoms with Crippen LogP contribution in [0.4, 0.5) is 4.39 Å². The minimum absolute atomic E-state index is 0.200. The quantitative estimate of drug-likeness (QED) is 0.364. The fraction of sp³-hybridized carbons (Fsp3) is 0.462. The Bertz CT molecular complexity index is 431. The summed E-state index contributed by atoms with van der Waals surface area (Å²) >= 11 is 3.28. The average molecular weight is 332 g/mol. The van der Waals surface area contributed by atoms with Crippen LogP contribution in [0.5, 0.6) is 0 Å². The van der Waals surface area contributed by atoms with E-state index < -0.39 is 0 Å². The van der Waals surface area contributed by atoms with Gasteiger partial charge < -0.3 is 10.9 Å². The van der Waals surface area contributed by atoms with E-state index in [1.807, 2.05) is 6.07 Å². The number of hydrogen-bond acceptors (Lipinski definition) is 3. The number of nitrogens with zero attached hydrogens (tertiary/aromatic N) is 2. The SMILES string of the molecule is CC(C)N(CCC(N)=NO)Cc1cc(F)cc(Br)c1. The molecule has 0 bridgehead atoms. The van der Waals surface area contributed by atoms with Crippen LogP contribution in [0.25, 0.3) is 0 Å². The highest BCUT2D eigenvalue weighted by Crippen LogP contribution is 2.17. The Morgan fingerprint density at radius 1 is 1.47 bits per heavy atom. The molecule has 0 aliphatic carbocycles. The molecule has 6 heteroatoms. The van der Waals surface area contributed by atoms with Crippen LogP contribution in [0.3, 0.4) is 0 Å². The van der Waals surface area contributed by atoms with Gasteiger partial charge in [0.05, 0.1) is 0 Å². The molecule has 0 amide bonds. The zero-order valence-corrected chi connectivity index (χ0v) is 12.7. The normalized spacial score (nSPS) is 12.4. The number of halogens is 2. The second kappa shape index (κ2) is 7.45. The van der Waals surface area contributed by atoms with Crippen molar-refractivity contribution in [2.45, 2.75) is 32.9 Å². The molecule has 0 aromatic heterocycles. The largest absolute Gasteiger partial charge is 0.409 e. The van der Waals surface area contributed by atoms with Gasteiger partial charge in [-0.05, 0) is 37.6 Å². The molecule has 4 nitrogen and oxygen atoms in total. The highest BCUT2D eigenvalue weighted by molar-refractivity contribution is 9.10. The lowest BCUT2D eigenvalue weighted by molar-refractivity contribution is 0.217. The number of rotatable bonds is 6. The Morgan fingerprint density at radius 2 is 2.16 bits per heavy atom. The Hall–Kier alpha value is -1.14. The second-order valence-corrected chi connectivity index (χ2v) is 5.60. The lowest BCUT2D eigenvalue weighted by Gasteiger charge is -2.26. The van der Waals surface area contributed by atoms with E-state index >= 15 is 0 Å². The van der Waals surface area contributed by atoms with E-state index in [1.54, 1.807) is 0 Å². The third-order valence-corrected chi connectivity index (χ3v) is 3.28. The average Bonchev–Trinajstić information content (AvgIpc) is 2.32. The molecule has 0 aliphatic heterocycles. The first-order valence-electron chi connectivity index (χ1n) is 6.07. The Morgan fingerprint density at radius 3 is 2.68 bits per heavy atom. The standard InChI is InChI=1S/C13H19BrFN3O/c1-9(2)18(4-3-13(16)17-19)8-10-5-11(14)7-12(15)6-10/h5-7,9,19H,3-4,8H2,1-2H3,(H2,16,17). The van der Waals surface area contributed by atoms with Crippen LogP contribution in [-0.4, -0.2) is 28.5 Å². The molecular formula is C13H19BrFN3O. The van der Waals surface area contributed by atoms with Crippen molar-refractivity contribution in [2.75, 3.05) is 6.54 Å². The summed E-state index contributed by atoms with van der Waals surface area (Å²) in [5.74, 6) is -0.0596. The molecule has 106 valence electrons. The number of benzene rings is 1. The molecule has 0 aliphatic rings. The summed E-state index contributed by atoms with van der Waals surface area (Å²) in [7, 11) is 0. The minimum Gasteiger partial charge on any atom is -0.409 e. The molecule has 0 fully saturated rings. The minimum atomic E-state index is -0.260. The highest BCUT2D eigenvalue weighted by Gasteiger charge is 2.12. The van der Waals surface area contributed by atoms with Gasteiger partial charge in [-0.1, -0.05) is 21.1 Å². The van der Waals surface area contributed by atoms with Gasteiger partial charge in [0.15, 0.2) is 0 Å². The first-order valence-corrected chi connectivity index (χ1v) is 6.87. The van der Waals surface area contributed by atoms with E-state index in [2.05, 4.69) is 39.8 Å². The number of nitrogens with two attached hydrogens (primary N) is 1. The van der Waals surface area contributed by atoms with E-state index in [1.165, 1.54) is 12.1 Å². The van der Waals surface area contributed by atoms with Gasteiger partial charge in [-0.2, -0.15) is 0 Å². The molecule has 1 aromatic carbocycles. The molecule has 0 atom stereocenters. The maximum absolute atomic E-state index is 13.3. The summed E-state index contributed by atoms with van der Waals surface area (Å²) in [5, 5.41) is 11.5. The van der Waals surface area contributed by atoms with Crippen molar-refractivity contribution >= 4 is 21.8 Å². The van der Waals surface area contributed by atoms with Crippen LogP contribution < -0.4 is 5.73 Å². The van der Waals surface area contributed by atoms with E-state index in [-0.39, 0.29) is 17.7 Å². The molecule has 0 saturated carbocycles. The molecule has 3 N–H and O–H groups in total. The van der Waals surface area contributed by atoms with Crippen LogP contribution in [-0.2, 0) is 6.54 Å². The maximum Gasteiger partial charge on any atom is 0.140 e. The summed E-state index contributed by atoms with van der Waals surface area (Å²) in [6.07, 6.45) is 0.477. The van der Waals surface area contributed by atoms with Crippen molar-refractivity contribution in [3.8, 4) is 0 Å². The predicted molar refractivity (Wildman–Crippen MR) is 77.7 cm³/mol. The second-order valence-electron chi connectivity index (χ2n) is 4.68. The summed E-state index contributed by atoms with van der Waals surface area (Å²) < 4.78 is 14.1. The van der Waals surface area contributed by atoms with Crippen LogP contribution >= 0.6 is 15.9 Å². The van der Waals surface area contributed by atoms with Gasteiger partial charge >= 0.3 is 0 Å². The van der Waals surface area contributed by atoms with Crippen molar-refractivity contribution in [2.24, 2.45) is 10.9 Å². The summed E-state index contributed by atoms with van der Waals surface area (Å²) in [6, 6.07) is 5.12. The Kier molecular flexibility index (Phi) is 6.24. The predicted octanol–water partition coefficient (Wildman–Crippen LogP) is 2.94. The molecular weight excluding hydrogens is 313 g/mol. The van der Waals surface area contributed by atoms with E-state index in [0.29, 0.717) is 19.5 Å². The monoisotopic (exact) mass is 331 g/mol. The molecule has 19 heavy (non-hydrogen) atoms. The van der Waals surface area contributed by atoms with Gasteiger partial charge in [0.2, 0.25) is 0 Å².